The second-order valence-corrected chi connectivity index (χ2v) is 3.36. The molecule has 4 heteroatoms. The first-order valence-electron chi connectivity index (χ1n) is 4.22. The highest BCUT2D eigenvalue weighted by atomic mass is 32.1. The van der Waals surface area contributed by atoms with Gasteiger partial charge in [0, 0.05) is 4.90 Å². The van der Waals surface area contributed by atoms with E-state index in [1.807, 2.05) is 0 Å². The Morgan fingerprint density at radius 2 is 2.21 bits per heavy atom. The molecule has 0 spiro atoms. The smallest absolute Gasteiger partial charge is 0.341 e. The summed E-state index contributed by atoms with van der Waals surface area (Å²) in [7, 11) is 0. The summed E-state index contributed by atoms with van der Waals surface area (Å²) in [6.45, 7) is 3.49. The van der Waals surface area contributed by atoms with E-state index in [-0.39, 0.29) is 12.2 Å². The fourth-order valence-electron chi connectivity index (χ4n) is 1.11. The third-order valence-corrected chi connectivity index (χ3v) is 1.99. The van der Waals surface area contributed by atoms with Gasteiger partial charge in [0.15, 0.2) is 0 Å². The topological polar surface area (TPSA) is 26.3 Å². The van der Waals surface area contributed by atoms with Crippen LogP contribution >= 0.6 is 12.6 Å². The molecular formula is C10H11FO2S. The lowest BCUT2D eigenvalue weighted by Gasteiger charge is -2.06. The van der Waals surface area contributed by atoms with E-state index < -0.39 is 11.8 Å². The van der Waals surface area contributed by atoms with E-state index in [0.717, 1.165) is 0 Å². The Hall–Kier alpha value is -1.03. The van der Waals surface area contributed by atoms with Gasteiger partial charge < -0.3 is 4.74 Å². The molecule has 2 nitrogen and oxygen atoms in total. The number of thiol groups is 1. The monoisotopic (exact) mass is 214 g/mol. The molecule has 0 bridgehead atoms. The Bertz CT molecular complexity index is 363. The van der Waals surface area contributed by atoms with Crippen molar-refractivity contribution in [3.8, 4) is 0 Å². The normalized spacial score (nSPS) is 10.0. The van der Waals surface area contributed by atoms with E-state index in [4.69, 9.17) is 4.74 Å². The molecule has 0 heterocycles. The molecule has 0 radical (unpaired) electrons. The molecule has 0 atom stereocenters. The average molecular weight is 214 g/mol. The number of carbonyl (C=O) groups excluding carboxylic acids is 1. The molecule has 1 aromatic rings. The number of halogens is 1. The van der Waals surface area contributed by atoms with Crippen LogP contribution in [0, 0.1) is 12.7 Å². The van der Waals surface area contributed by atoms with Crippen LogP contribution in [0.3, 0.4) is 0 Å². The van der Waals surface area contributed by atoms with Gasteiger partial charge in [0.2, 0.25) is 0 Å². The largest absolute Gasteiger partial charge is 0.462 e. The number of benzene rings is 1. The van der Waals surface area contributed by atoms with Crippen molar-refractivity contribution in [3.63, 3.8) is 0 Å². The fourth-order valence-corrected chi connectivity index (χ4v) is 1.43. The number of aryl methyl sites for hydroxylation is 1. The molecule has 0 N–H and O–H groups in total. The Kier molecular flexibility index (Phi) is 3.52. The number of hydrogen-bond acceptors (Lipinski definition) is 3. The quantitative estimate of drug-likeness (QED) is 0.605. The minimum atomic E-state index is -0.649. The zero-order chi connectivity index (χ0) is 10.7. The van der Waals surface area contributed by atoms with E-state index in [9.17, 15) is 9.18 Å². The molecule has 1 rings (SSSR count). The zero-order valence-electron chi connectivity index (χ0n) is 8.00. The second kappa shape index (κ2) is 4.46. The van der Waals surface area contributed by atoms with Gasteiger partial charge in [0.25, 0.3) is 0 Å². The van der Waals surface area contributed by atoms with Crippen molar-refractivity contribution in [2.24, 2.45) is 0 Å². The molecule has 0 saturated heterocycles. The first-order valence-corrected chi connectivity index (χ1v) is 4.67. The van der Waals surface area contributed by atoms with Gasteiger partial charge in [-0.25, -0.2) is 9.18 Å². The Labute approximate surface area is 87.5 Å². The Morgan fingerprint density at radius 1 is 1.57 bits per heavy atom. The highest BCUT2D eigenvalue weighted by Crippen LogP contribution is 2.18. The molecule has 14 heavy (non-hydrogen) atoms. The van der Waals surface area contributed by atoms with Crippen molar-refractivity contribution in [2.45, 2.75) is 18.7 Å². The maximum Gasteiger partial charge on any atom is 0.341 e. The molecule has 76 valence electrons. The fraction of sp³-hybridized carbons (Fsp3) is 0.300. The van der Waals surface area contributed by atoms with Crippen molar-refractivity contribution in [2.75, 3.05) is 6.61 Å². The summed E-state index contributed by atoms with van der Waals surface area (Å²) < 4.78 is 18.1. The predicted molar refractivity (Wildman–Crippen MR) is 54.3 cm³/mol. The summed E-state index contributed by atoms with van der Waals surface area (Å²) >= 11 is 4.06. The van der Waals surface area contributed by atoms with Crippen LogP contribution in [0.4, 0.5) is 4.39 Å². The molecule has 0 aliphatic rings. The van der Waals surface area contributed by atoms with Gasteiger partial charge in [0.1, 0.15) is 5.82 Å². The summed E-state index contributed by atoms with van der Waals surface area (Å²) in [6.07, 6.45) is 0. The lowest BCUT2D eigenvalue weighted by atomic mass is 10.1. The average Bonchev–Trinajstić information content (AvgIpc) is 2.11. The van der Waals surface area contributed by atoms with Crippen LogP contribution in [0.2, 0.25) is 0 Å². The summed E-state index contributed by atoms with van der Waals surface area (Å²) in [4.78, 5) is 11.8. The van der Waals surface area contributed by atoms with Crippen molar-refractivity contribution >= 4 is 18.6 Å². The molecule has 0 aromatic heterocycles. The minimum absolute atomic E-state index is 0.0585. The van der Waals surface area contributed by atoms with Gasteiger partial charge in [-0.15, -0.1) is 12.6 Å². The van der Waals surface area contributed by atoms with E-state index in [2.05, 4.69) is 12.6 Å². The third kappa shape index (κ3) is 2.26. The molecule has 0 aliphatic heterocycles. The zero-order valence-corrected chi connectivity index (χ0v) is 8.90. The van der Waals surface area contributed by atoms with E-state index in [1.165, 1.54) is 6.07 Å². The lowest BCUT2D eigenvalue weighted by molar-refractivity contribution is 0.0520. The van der Waals surface area contributed by atoms with Crippen molar-refractivity contribution in [3.05, 3.63) is 29.1 Å². The van der Waals surface area contributed by atoms with Gasteiger partial charge in [-0.05, 0) is 31.5 Å². The van der Waals surface area contributed by atoms with Crippen LogP contribution in [0.1, 0.15) is 22.8 Å². The summed E-state index contributed by atoms with van der Waals surface area (Å²) in [5, 5.41) is 0. The van der Waals surface area contributed by atoms with Gasteiger partial charge >= 0.3 is 5.97 Å². The minimum Gasteiger partial charge on any atom is -0.462 e. The standard InChI is InChI=1S/C10H11FO2S/c1-3-13-10(12)8-5-7(14)4-6(2)9(8)11/h4-5,14H,3H2,1-2H3. The first-order chi connectivity index (χ1) is 6.56. The first kappa shape index (κ1) is 11.0. The summed E-state index contributed by atoms with van der Waals surface area (Å²) in [6, 6.07) is 2.92. The highest BCUT2D eigenvalue weighted by molar-refractivity contribution is 7.80. The van der Waals surface area contributed by atoms with Crippen molar-refractivity contribution in [1.82, 2.24) is 0 Å². The molecule has 0 aliphatic carbocycles. The summed E-state index contributed by atoms with van der Waals surface area (Å²) in [5.74, 6) is -1.19. The molecule has 1 aromatic carbocycles. The number of rotatable bonds is 2. The molecule has 0 unspecified atom stereocenters. The van der Waals surface area contributed by atoms with Crippen molar-refractivity contribution < 1.29 is 13.9 Å². The van der Waals surface area contributed by atoms with E-state index in [1.54, 1.807) is 19.9 Å². The van der Waals surface area contributed by atoms with E-state index in [0.29, 0.717) is 10.5 Å². The van der Waals surface area contributed by atoms with Gasteiger partial charge in [-0.1, -0.05) is 0 Å². The van der Waals surface area contributed by atoms with Gasteiger partial charge in [0.05, 0.1) is 12.2 Å². The summed E-state index contributed by atoms with van der Waals surface area (Å²) in [5.41, 5.74) is 0.331. The van der Waals surface area contributed by atoms with Crippen LogP contribution in [0.25, 0.3) is 0 Å². The van der Waals surface area contributed by atoms with Gasteiger partial charge in [-0.3, -0.25) is 0 Å². The Balaban J connectivity index is 3.13. The Morgan fingerprint density at radius 3 is 2.79 bits per heavy atom. The number of ether oxygens (including phenoxy) is 1. The third-order valence-electron chi connectivity index (χ3n) is 1.73. The highest BCUT2D eigenvalue weighted by Gasteiger charge is 2.15. The molecular weight excluding hydrogens is 203 g/mol. The van der Waals surface area contributed by atoms with Crippen LogP contribution in [-0.4, -0.2) is 12.6 Å². The number of esters is 1. The number of hydrogen-bond donors (Lipinski definition) is 1. The van der Waals surface area contributed by atoms with Crippen LogP contribution in [0.5, 0.6) is 0 Å². The maximum absolute atomic E-state index is 13.4. The SMILES string of the molecule is CCOC(=O)c1cc(S)cc(C)c1F. The number of carbonyl (C=O) groups is 1. The van der Waals surface area contributed by atoms with Crippen LogP contribution < -0.4 is 0 Å². The van der Waals surface area contributed by atoms with Gasteiger partial charge in [-0.2, -0.15) is 0 Å². The maximum atomic E-state index is 13.4. The molecule has 0 saturated carbocycles. The molecule has 0 fully saturated rings. The lowest BCUT2D eigenvalue weighted by Crippen LogP contribution is -2.08. The van der Waals surface area contributed by atoms with Crippen molar-refractivity contribution in [1.29, 1.82) is 0 Å². The van der Waals surface area contributed by atoms with Crippen LogP contribution in [0.15, 0.2) is 17.0 Å². The molecule has 0 amide bonds. The van der Waals surface area contributed by atoms with Crippen LogP contribution in [-0.2, 0) is 4.74 Å². The van der Waals surface area contributed by atoms with E-state index >= 15 is 0 Å². The predicted octanol–water partition coefficient (Wildman–Crippen LogP) is 2.60. The second-order valence-electron chi connectivity index (χ2n) is 2.84.